The van der Waals surface area contributed by atoms with E-state index < -0.39 is 0 Å². The van der Waals surface area contributed by atoms with Crippen molar-refractivity contribution in [3.8, 4) is 0 Å². The topological polar surface area (TPSA) is 87.6 Å². The maximum atomic E-state index is 11.9. The SMILES string of the molecule is CCCOC(C(=O)CC)C(C)C(C)OCCC(N)N. The summed E-state index contributed by atoms with van der Waals surface area (Å²) in [5.41, 5.74) is 10.9. The zero-order valence-corrected chi connectivity index (χ0v) is 12.7. The molecule has 0 aliphatic rings. The van der Waals surface area contributed by atoms with E-state index in [9.17, 15) is 4.79 Å². The van der Waals surface area contributed by atoms with Crippen LogP contribution in [0.2, 0.25) is 0 Å². The van der Waals surface area contributed by atoms with Gasteiger partial charge < -0.3 is 20.9 Å². The summed E-state index contributed by atoms with van der Waals surface area (Å²) < 4.78 is 11.4. The average Bonchev–Trinajstić information content (AvgIpc) is 2.37. The molecule has 4 N–H and O–H groups in total. The van der Waals surface area contributed by atoms with Crippen molar-refractivity contribution in [1.82, 2.24) is 0 Å². The minimum atomic E-state index is -0.383. The Balaban J connectivity index is 4.34. The highest BCUT2D eigenvalue weighted by Gasteiger charge is 2.29. The number of hydrogen-bond acceptors (Lipinski definition) is 5. The van der Waals surface area contributed by atoms with E-state index in [-0.39, 0.29) is 30.1 Å². The van der Waals surface area contributed by atoms with Crippen LogP contribution in [0.3, 0.4) is 0 Å². The highest BCUT2D eigenvalue weighted by atomic mass is 16.5. The van der Waals surface area contributed by atoms with Gasteiger partial charge in [0.2, 0.25) is 0 Å². The molecule has 0 saturated heterocycles. The molecule has 3 atom stereocenters. The van der Waals surface area contributed by atoms with E-state index in [1.165, 1.54) is 0 Å². The number of nitrogens with two attached hydrogens (primary N) is 2. The minimum Gasteiger partial charge on any atom is -0.378 e. The van der Waals surface area contributed by atoms with E-state index in [1.807, 2.05) is 27.7 Å². The molecule has 0 saturated carbocycles. The Morgan fingerprint density at radius 1 is 1.11 bits per heavy atom. The molecular weight excluding hydrogens is 244 g/mol. The third-order valence-electron chi connectivity index (χ3n) is 3.22. The molecule has 0 aliphatic heterocycles. The summed E-state index contributed by atoms with van der Waals surface area (Å²) in [7, 11) is 0. The third kappa shape index (κ3) is 7.62. The first-order valence-corrected chi connectivity index (χ1v) is 7.21. The largest absolute Gasteiger partial charge is 0.378 e. The zero-order chi connectivity index (χ0) is 14.8. The van der Waals surface area contributed by atoms with E-state index in [0.29, 0.717) is 26.1 Å². The molecule has 5 heteroatoms. The van der Waals surface area contributed by atoms with Crippen LogP contribution in [0.5, 0.6) is 0 Å². The normalized spacial score (nSPS) is 16.4. The molecule has 0 bridgehead atoms. The van der Waals surface area contributed by atoms with Gasteiger partial charge in [0.25, 0.3) is 0 Å². The van der Waals surface area contributed by atoms with E-state index >= 15 is 0 Å². The Morgan fingerprint density at radius 3 is 2.21 bits per heavy atom. The molecule has 0 radical (unpaired) electrons. The van der Waals surface area contributed by atoms with Gasteiger partial charge in [-0.2, -0.15) is 0 Å². The Hall–Kier alpha value is -0.490. The molecule has 0 aromatic carbocycles. The van der Waals surface area contributed by atoms with Crippen molar-refractivity contribution in [2.24, 2.45) is 17.4 Å². The molecule has 114 valence electrons. The van der Waals surface area contributed by atoms with Crippen molar-refractivity contribution in [2.75, 3.05) is 13.2 Å². The fraction of sp³-hybridized carbons (Fsp3) is 0.929. The molecular formula is C14H30N2O3. The lowest BCUT2D eigenvalue weighted by Gasteiger charge is -2.28. The molecule has 0 aromatic heterocycles. The van der Waals surface area contributed by atoms with E-state index in [4.69, 9.17) is 20.9 Å². The standard InChI is InChI=1S/C14H30N2O3/c1-5-8-19-14(12(17)6-2)10(3)11(4)18-9-7-13(15)16/h10-11,13-14H,5-9,15-16H2,1-4H3. The van der Waals surface area contributed by atoms with Crippen LogP contribution in [0.1, 0.15) is 47.0 Å². The second kappa shape index (κ2) is 10.3. The van der Waals surface area contributed by atoms with Gasteiger partial charge in [-0.25, -0.2) is 0 Å². The van der Waals surface area contributed by atoms with Crippen molar-refractivity contribution in [1.29, 1.82) is 0 Å². The average molecular weight is 274 g/mol. The van der Waals surface area contributed by atoms with Gasteiger partial charge in [-0.1, -0.05) is 20.8 Å². The molecule has 0 rings (SSSR count). The maximum Gasteiger partial charge on any atom is 0.161 e. The van der Waals surface area contributed by atoms with Crippen LogP contribution < -0.4 is 11.5 Å². The van der Waals surface area contributed by atoms with Gasteiger partial charge in [0.1, 0.15) is 6.10 Å². The molecule has 5 nitrogen and oxygen atoms in total. The van der Waals surface area contributed by atoms with Gasteiger partial charge in [-0.05, 0) is 19.8 Å². The Bertz CT molecular complexity index is 247. The zero-order valence-electron chi connectivity index (χ0n) is 12.7. The third-order valence-corrected chi connectivity index (χ3v) is 3.22. The van der Waals surface area contributed by atoms with Gasteiger partial charge in [0, 0.05) is 25.6 Å². The fourth-order valence-corrected chi connectivity index (χ4v) is 1.77. The number of carbonyl (C=O) groups is 1. The first-order chi connectivity index (χ1) is 8.93. The molecule has 19 heavy (non-hydrogen) atoms. The predicted octanol–water partition coefficient (Wildman–Crippen LogP) is 1.44. The lowest BCUT2D eigenvalue weighted by atomic mass is 9.94. The summed E-state index contributed by atoms with van der Waals surface area (Å²) >= 11 is 0. The highest BCUT2D eigenvalue weighted by molar-refractivity contribution is 5.83. The minimum absolute atomic E-state index is 0.0213. The van der Waals surface area contributed by atoms with Crippen LogP contribution in [0.4, 0.5) is 0 Å². The molecule has 0 heterocycles. The summed E-state index contributed by atoms with van der Waals surface area (Å²) in [5.74, 6) is 0.153. The lowest BCUT2D eigenvalue weighted by Crippen LogP contribution is -2.38. The number of carbonyl (C=O) groups excluding carboxylic acids is 1. The number of ketones is 1. The highest BCUT2D eigenvalue weighted by Crippen LogP contribution is 2.18. The van der Waals surface area contributed by atoms with Gasteiger partial charge in [-0.3, -0.25) is 4.79 Å². The molecule has 0 aromatic rings. The first-order valence-electron chi connectivity index (χ1n) is 7.21. The van der Waals surface area contributed by atoms with Gasteiger partial charge in [0.05, 0.1) is 12.3 Å². The number of Topliss-reactive ketones (excluding diaryl/α,β-unsaturated/α-hetero) is 1. The van der Waals surface area contributed by atoms with Crippen LogP contribution in [0, 0.1) is 5.92 Å². The van der Waals surface area contributed by atoms with Gasteiger partial charge >= 0.3 is 0 Å². The van der Waals surface area contributed by atoms with Crippen molar-refractivity contribution in [3.63, 3.8) is 0 Å². The van der Waals surface area contributed by atoms with E-state index in [1.54, 1.807) is 0 Å². The summed E-state index contributed by atoms with van der Waals surface area (Å²) in [6, 6.07) is 0. The molecule has 0 fully saturated rings. The van der Waals surface area contributed by atoms with Crippen LogP contribution in [-0.4, -0.2) is 37.4 Å². The first kappa shape index (κ1) is 18.5. The Morgan fingerprint density at radius 2 is 1.74 bits per heavy atom. The Labute approximate surface area is 117 Å². The molecule has 3 unspecified atom stereocenters. The van der Waals surface area contributed by atoms with Crippen LogP contribution >= 0.6 is 0 Å². The summed E-state index contributed by atoms with van der Waals surface area (Å²) in [5, 5.41) is 0. The van der Waals surface area contributed by atoms with Crippen molar-refractivity contribution in [2.45, 2.75) is 65.3 Å². The number of ether oxygens (including phenoxy) is 2. The van der Waals surface area contributed by atoms with Crippen LogP contribution in [-0.2, 0) is 14.3 Å². The fourth-order valence-electron chi connectivity index (χ4n) is 1.77. The van der Waals surface area contributed by atoms with Gasteiger partial charge in [-0.15, -0.1) is 0 Å². The molecule has 0 spiro atoms. The second-order valence-electron chi connectivity index (χ2n) is 5.00. The van der Waals surface area contributed by atoms with E-state index in [0.717, 1.165) is 6.42 Å². The lowest BCUT2D eigenvalue weighted by molar-refractivity contribution is -0.138. The maximum absolute atomic E-state index is 11.9. The quantitative estimate of drug-likeness (QED) is 0.557. The molecule has 0 amide bonds. The van der Waals surface area contributed by atoms with Gasteiger partial charge in [0.15, 0.2) is 5.78 Å². The van der Waals surface area contributed by atoms with Crippen LogP contribution in [0.25, 0.3) is 0 Å². The number of rotatable bonds is 11. The number of hydrogen-bond donors (Lipinski definition) is 2. The van der Waals surface area contributed by atoms with Crippen LogP contribution in [0.15, 0.2) is 0 Å². The summed E-state index contributed by atoms with van der Waals surface area (Å²) in [4.78, 5) is 11.9. The van der Waals surface area contributed by atoms with E-state index in [2.05, 4.69) is 0 Å². The predicted molar refractivity (Wildman–Crippen MR) is 76.7 cm³/mol. The molecule has 0 aliphatic carbocycles. The monoisotopic (exact) mass is 274 g/mol. The summed E-state index contributed by atoms with van der Waals surface area (Å²) in [6.45, 7) is 8.93. The van der Waals surface area contributed by atoms with Crippen molar-refractivity contribution in [3.05, 3.63) is 0 Å². The van der Waals surface area contributed by atoms with Crippen molar-refractivity contribution < 1.29 is 14.3 Å². The smallest absolute Gasteiger partial charge is 0.161 e. The van der Waals surface area contributed by atoms with Crippen molar-refractivity contribution >= 4 is 5.78 Å². The Kier molecular flexibility index (Phi) is 10.0. The second-order valence-corrected chi connectivity index (χ2v) is 5.00. The summed E-state index contributed by atoms with van der Waals surface area (Å²) in [6.07, 6.45) is 1.20.